The molecule has 0 amide bonds. The highest BCUT2D eigenvalue weighted by atomic mass is 35.5. The van der Waals surface area contributed by atoms with Crippen LogP contribution < -0.4 is 0 Å². The number of aliphatic carboxylic acids is 1. The van der Waals surface area contributed by atoms with Crippen molar-refractivity contribution in [2.24, 2.45) is 5.92 Å². The zero-order chi connectivity index (χ0) is 9.14. The van der Waals surface area contributed by atoms with Crippen molar-refractivity contribution in [1.29, 1.82) is 0 Å². The molecule has 0 saturated heterocycles. The third-order valence-electron chi connectivity index (χ3n) is 1.96. The first kappa shape index (κ1) is 9.55. The summed E-state index contributed by atoms with van der Waals surface area (Å²) in [5.41, 5.74) is 0. The summed E-state index contributed by atoms with van der Waals surface area (Å²) < 4.78 is 0. The van der Waals surface area contributed by atoms with Crippen LogP contribution in [-0.2, 0) is 4.79 Å². The molecular weight excluding hydrogens is 180 g/mol. The van der Waals surface area contributed by atoms with E-state index in [0.717, 1.165) is 0 Å². The molecule has 0 aromatic heterocycles. The lowest BCUT2D eigenvalue weighted by molar-refractivity contribution is -0.137. The van der Waals surface area contributed by atoms with Crippen LogP contribution >= 0.6 is 11.6 Å². The highest BCUT2D eigenvalue weighted by molar-refractivity contribution is 6.30. The summed E-state index contributed by atoms with van der Waals surface area (Å²) in [7, 11) is 0. The molecule has 0 bridgehead atoms. The van der Waals surface area contributed by atoms with Crippen LogP contribution in [-0.4, -0.2) is 22.3 Å². The average Bonchev–Trinajstić information content (AvgIpc) is 1.96. The Morgan fingerprint density at radius 3 is 2.83 bits per heavy atom. The number of allylic oxidation sites excluding steroid dienone is 1. The molecule has 0 spiro atoms. The van der Waals surface area contributed by atoms with E-state index in [4.69, 9.17) is 16.7 Å². The first-order chi connectivity index (χ1) is 5.59. The molecule has 3 nitrogen and oxygen atoms in total. The molecule has 0 fully saturated rings. The van der Waals surface area contributed by atoms with E-state index in [1.54, 1.807) is 6.08 Å². The van der Waals surface area contributed by atoms with Gasteiger partial charge in [0, 0.05) is 5.03 Å². The Bertz CT molecular complexity index is 212. The number of hydrogen-bond donors (Lipinski definition) is 2. The van der Waals surface area contributed by atoms with Crippen molar-refractivity contribution in [2.45, 2.75) is 25.4 Å². The molecule has 12 heavy (non-hydrogen) atoms. The number of hydrogen-bond acceptors (Lipinski definition) is 2. The van der Waals surface area contributed by atoms with E-state index in [0.29, 0.717) is 17.9 Å². The second kappa shape index (κ2) is 3.92. The average molecular weight is 191 g/mol. The summed E-state index contributed by atoms with van der Waals surface area (Å²) >= 11 is 5.66. The molecule has 0 aromatic carbocycles. The molecule has 2 atom stereocenters. The van der Waals surface area contributed by atoms with E-state index < -0.39 is 12.1 Å². The van der Waals surface area contributed by atoms with Crippen LogP contribution in [0.15, 0.2) is 11.1 Å². The van der Waals surface area contributed by atoms with Crippen molar-refractivity contribution in [3.8, 4) is 0 Å². The van der Waals surface area contributed by atoms with Gasteiger partial charge in [0.15, 0.2) is 0 Å². The predicted molar refractivity (Wildman–Crippen MR) is 44.9 cm³/mol. The van der Waals surface area contributed by atoms with Crippen LogP contribution in [0.5, 0.6) is 0 Å². The minimum atomic E-state index is -0.822. The molecule has 1 aliphatic rings. The second-order valence-electron chi connectivity index (χ2n) is 3.00. The zero-order valence-corrected chi connectivity index (χ0v) is 7.29. The Hall–Kier alpha value is -0.540. The fraction of sp³-hybridized carbons (Fsp3) is 0.625. The second-order valence-corrected chi connectivity index (χ2v) is 3.44. The lowest BCUT2D eigenvalue weighted by atomic mass is 9.91. The van der Waals surface area contributed by atoms with Gasteiger partial charge in [-0.25, -0.2) is 0 Å². The highest BCUT2D eigenvalue weighted by Gasteiger charge is 2.21. The molecular formula is C8H11ClO3. The van der Waals surface area contributed by atoms with E-state index in [9.17, 15) is 9.90 Å². The lowest BCUT2D eigenvalue weighted by Crippen LogP contribution is -2.17. The smallest absolute Gasteiger partial charge is 0.303 e. The molecule has 1 aliphatic carbocycles. The lowest BCUT2D eigenvalue weighted by Gasteiger charge is -2.20. The third-order valence-corrected chi connectivity index (χ3v) is 2.34. The molecule has 1 rings (SSSR count). The molecule has 0 aliphatic heterocycles. The van der Waals surface area contributed by atoms with Crippen LogP contribution in [0.3, 0.4) is 0 Å². The molecule has 68 valence electrons. The topological polar surface area (TPSA) is 57.5 Å². The van der Waals surface area contributed by atoms with Gasteiger partial charge in [-0.15, -0.1) is 0 Å². The Balaban J connectivity index is 2.54. The third kappa shape index (κ3) is 2.50. The Morgan fingerprint density at radius 1 is 1.67 bits per heavy atom. The molecule has 0 aromatic rings. The van der Waals surface area contributed by atoms with Gasteiger partial charge in [-0.05, 0) is 18.8 Å². The fourth-order valence-electron chi connectivity index (χ4n) is 1.31. The number of aliphatic hydroxyl groups is 1. The van der Waals surface area contributed by atoms with Gasteiger partial charge in [-0.1, -0.05) is 17.7 Å². The Kier molecular flexibility index (Phi) is 3.12. The minimum Gasteiger partial charge on any atom is -0.481 e. The van der Waals surface area contributed by atoms with E-state index in [1.807, 2.05) is 0 Å². The van der Waals surface area contributed by atoms with Crippen LogP contribution in [0.2, 0.25) is 0 Å². The number of carbonyl (C=O) groups is 1. The minimum absolute atomic E-state index is 0.0154. The van der Waals surface area contributed by atoms with Crippen LogP contribution in [0, 0.1) is 5.92 Å². The van der Waals surface area contributed by atoms with Gasteiger partial charge < -0.3 is 10.2 Å². The van der Waals surface area contributed by atoms with E-state index in [-0.39, 0.29) is 12.3 Å². The van der Waals surface area contributed by atoms with Gasteiger partial charge in [0.25, 0.3) is 0 Å². The monoisotopic (exact) mass is 190 g/mol. The summed E-state index contributed by atoms with van der Waals surface area (Å²) in [6.07, 6.45) is 2.42. The molecule has 4 heteroatoms. The van der Waals surface area contributed by atoms with Crippen LogP contribution in [0.25, 0.3) is 0 Å². The largest absolute Gasteiger partial charge is 0.481 e. The highest BCUT2D eigenvalue weighted by Crippen LogP contribution is 2.27. The van der Waals surface area contributed by atoms with Crippen LogP contribution in [0.4, 0.5) is 0 Å². The molecule has 2 unspecified atom stereocenters. The Morgan fingerprint density at radius 2 is 2.33 bits per heavy atom. The molecule has 0 saturated carbocycles. The Labute approximate surface area is 75.7 Å². The fourth-order valence-corrected chi connectivity index (χ4v) is 1.60. The number of carboxylic acids is 1. The van der Waals surface area contributed by atoms with E-state index >= 15 is 0 Å². The number of rotatable bonds is 2. The van der Waals surface area contributed by atoms with Crippen molar-refractivity contribution in [2.75, 3.05) is 0 Å². The van der Waals surface area contributed by atoms with Gasteiger partial charge in [0.05, 0.1) is 12.5 Å². The van der Waals surface area contributed by atoms with Gasteiger partial charge in [-0.2, -0.15) is 0 Å². The van der Waals surface area contributed by atoms with Crippen LogP contribution in [0.1, 0.15) is 19.3 Å². The van der Waals surface area contributed by atoms with Gasteiger partial charge in [0.1, 0.15) is 0 Å². The summed E-state index contributed by atoms with van der Waals surface area (Å²) in [5.74, 6) is -0.837. The summed E-state index contributed by atoms with van der Waals surface area (Å²) in [6.45, 7) is 0. The summed E-state index contributed by atoms with van der Waals surface area (Å²) in [5, 5.41) is 18.0. The maximum atomic E-state index is 10.3. The molecule has 0 radical (unpaired) electrons. The maximum Gasteiger partial charge on any atom is 0.303 e. The predicted octanol–water partition coefficient (Wildman–Crippen LogP) is 1.35. The van der Waals surface area contributed by atoms with Crippen molar-refractivity contribution >= 4 is 17.6 Å². The number of carboxylic acid groups (broad SMARTS) is 1. The van der Waals surface area contributed by atoms with E-state index in [1.165, 1.54) is 0 Å². The standard InChI is InChI=1S/C8H11ClO3/c9-6-3-5(4-8(11)12)1-2-7(6)10/h3,5,7,10H,1-2,4H2,(H,11,12). The van der Waals surface area contributed by atoms with Crippen molar-refractivity contribution in [3.63, 3.8) is 0 Å². The summed E-state index contributed by atoms with van der Waals surface area (Å²) in [4.78, 5) is 10.3. The van der Waals surface area contributed by atoms with Gasteiger partial charge in [0.2, 0.25) is 0 Å². The van der Waals surface area contributed by atoms with Gasteiger partial charge in [-0.3, -0.25) is 4.79 Å². The quantitative estimate of drug-likeness (QED) is 0.691. The maximum absolute atomic E-state index is 10.3. The first-order valence-electron chi connectivity index (χ1n) is 3.86. The number of halogens is 1. The van der Waals surface area contributed by atoms with Crippen molar-refractivity contribution < 1.29 is 15.0 Å². The zero-order valence-electron chi connectivity index (χ0n) is 6.53. The van der Waals surface area contributed by atoms with Crippen molar-refractivity contribution in [3.05, 3.63) is 11.1 Å². The molecule has 2 N–H and O–H groups in total. The van der Waals surface area contributed by atoms with Crippen molar-refractivity contribution in [1.82, 2.24) is 0 Å². The normalized spacial score (nSPS) is 29.7. The van der Waals surface area contributed by atoms with E-state index in [2.05, 4.69) is 0 Å². The first-order valence-corrected chi connectivity index (χ1v) is 4.24. The number of aliphatic hydroxyl groups excluding tert-OH is 1. The molecule has 0 heterocycles. The summed E-state index contributed by atoms with van der Waals surface area (Å²) in [6, 6.07) is 0. The SMILES string of the molecule is O=C(O)CC1C=C(Cl)C(O)CC1. The van der Waals surface area contributed by atoms with Gasteiger partial charge >= 0.3 is 5.97 Å².